The monoisotopic (exact) mass is 422 g/mol. The van der Waals surface area contributed by atoms with E-state index in [-0.39, 0.29) is 18.4 Å². The summed E-state index contributed by atoms with van der Waals surface area (Å²) < 4.78 is 0. The van der Waals surface area contributed by atoms with Gasteiger partial charge in [0.2, 0.25) is 0 Å². The number of carbonyl (C=O) groups excluding carboxylic acids is 2. The molecular formula is C24H30N4O3. The number of β-amino-alcohol motifs (C(OH)–C–C–N with tert-alkyl or cyclic N) is 1. The maximum absolute atomic E-state index is 13.6. The molecular weight excluding hydrogens is 392 g/mol. The molecule has 7 heteroatoms. The van der Waals surface area contributed by atoms with Crippen LogP contribution >= 0.6 is 0 Å². The van der Waals surface area contributed by atoms with Gasteiger partial charge < -0.3 is 9.90 Å². The third-order valence-electron chi connectivity index (χ3n) is 5.29. The van der Waals surface area contributed by atoms with Crippen LogP contribution in [0.2, 0.25) is 0 Å². The predicted molar refractivity (Wildman–Crippen MR) is 122 cm³/mol. The van der Waals surface area contributed by atoms with Gasteiger partial charge in [0, 0.05) is 23.9 Å². The van der Waals surface area contributed by atoms with Gasteiger partial charge in [0.05, 0.1) is 12.6 Å². The first-order chi connectivity index (χ1) is 14.7. The summed E-state index contributed by atoms with van der Waals surface area (Å²) in [6.45, 7) is 11.6. The van der Waals surface area contributed by atoms with E-state index in [1.807, 2.05) is 18.3 Å². The van der Waals surface area contributed by atoms with Crippen LogP contribution in [0.5, 0.6) is 0 Å². The molecule has 1 aromatic carbocycles. The second-order valence-corrected chi connectivity index (χ2v) is 8.56. The van der Waals surface area contributed by atoms with Crippen LogP contribution in [0.4, 0.5) is 5.69 Å². The molecule has 1 aliphatic heterocycles. The summed E-state index contributed by atoms with van der Waals surface area (Å²) in [5, 5.41) is 19.5. The van der Waals surface area contributed by atoms with Crippen molar-refractivity contribution in [1.29, 1.82) is 5.26 Å². The zero-order chi connectivity index (χ0) is 23.2. The van der Waals surface area contributed by atoms with Crippen LogP contribution < -0.4 is 4.90 Å². The molecule has 0 spiro atoms. The predicted octanol–water partition coefficient (Wildman–Crippen LogP) is 2.96. The molecule has 31 heavy (non-hydrogen) atoms. The second kappa shape index (κ2) is 10.2. The number of carbonyl (C=O) groups is 2. The molecule has 1 N–H and O–H groups in total. The number of allylic oxidation sites excluding steroid dienone is 1. The Kier molecular flexibility index (Phi) is 7.89. The van der Waals surface area contributed by atoms with Crippen molar-refractivity contribution in [3.05, 3.63) is 53.8 Å². The Morgan fingerprint density at radius 1 is 1.39 bits per heavy atom. The van der Waals surface area contributed by atoms with Crippen molar-refractivity contribution < 1.29 is 14.7 Å². The van der Waals surface area contributed by atoms with Crippen molar-refractivity contribution in [1.82, 2.24) is 4.90 Å². The van der Waals surface area contributed by atoms with Crippen LogP contribution in [0.15, 0.2) is 53.2 Å². The van der Waals surface area contributed by atoms with Crippen LogP contribution in [0.1, 0.15) is 39.7 Å². The van der Waals surface area contributed by atoms with Gasteiger partial charge in [-0.05, 0) is 36.8 Å². The second-order valence-electron chi connectivity index (χ2n) is 8.56. The van der Waals surface area contributed by atoms with E-state index in [2.05, 4.69) is 32.5 Å². The lowest BCUT2D eigenvalue weighted by atomic mass is 9.87. The molecule has 0 aliphatic carbocycles. The van der Waals surface area contributed by atoms with Crippen LogP contribution in [0, 0.1) is 11.5 Å². The highest BCUT2D eigenvalue weighted by Crippen LogP contribution is 2.29. The van der Waals surface area contributed by atoms with E-state index in [0.29, 0.717) is 17.5 Å². The van der Waals surface area contributed by atoms with Gasteiger partial charge in [0.25, 0.3) is 5.91 Å². The average Bonchev–Trinajstić information content (AvgIpc) is 3.11. The number of hydrogen-bond donors (Lipinski definition) is 1. The van der Waals surface area contributed by atoms with Gasteiger partial charge in [0.1, 0.15) is 18.4 Å². The number of benzene rings is 1. The number of aliphatic hydroxyl groups excluding tert-OH is 1. The zero-order valence-electron chi connectivity index (χ0n) is 18.5. The zero-order valence-corrected chi connectivity index (χ0v) is 18.5. The highest BCUT2D eigenvalue weighted by molar-refractivity contribution is 6.02. The molecule has 0 bridgehead atoms. The fraction of sp³-hybridized carbons (Fsp3) is 0.417. The largest absolute Gasteiger partial charge is 0.391 e. The highest BCUT2D eigenvalue weighted by atomic mass is 16.3. The quantitative estimate of drug-likeness (QED) is 0.315. The standard InChI is InChI=1S/C24H30N4O3/c1-6-7-17(13-26-5)22(15-29)28(19-10-8-18(9-11-19)24(2,3)4)23(31)21-12-20(30)14-27(21)16-25/h6-11,13,15,20-22,30H,5,12,14H2,1-4H3/b7-6-,17-13+. The Morgan fingerprint density at radius 2 is 2.03 bits per heavy atom. The van der Waals surface area contributed by atoms with E-state index < -0.39 is 24.1 Å². The first-order valence-corrected chi connectivity index (χ1v) is 10.2. The molecule has 1 saturated heterocycles. The number of hydrogen-bond acceptors (Lipinski definition) is 6. The number of aliphatic hydroxyl groups is 1. The van der Waals surface area contributed by atoms with E-state index in [4.69, 9.17) is 0 Å². The van der Waals surface area contributed by atoms with Gasteiger partial charge in [-0.2, -0.15) is 5.26 Å². The number of anilines is 1. The molecule has 1 amide bonds. The average molecular weight is 423 g/mol. The van der Waals surface area contributed by atoms with E-state index in [0.717, 1.165) is 5.56 Å². The number of likely N-dealkylation sites (tertiary alicyclic amines) is 1. The summed E-state index contributed by atoms with van der Waals surface area (Å²) in [6.07, 6.45) is 6.88. The summed E-state index contributed by atoms with van der Waals surface area (Å²) >= 11 is 0. The van der Waals surface area contributed by atoms with Crippen molar-refractivity contribution in [2.45, 2.75) is 57.7 Å². The normalized spacial score (nSPS) is 20.4. The molecule has 164 valence electrons. The number of aldehydes is 1. The number of amides is 1. The Hall–Kier alpha value is -3.24. The molecule has 1 aromatic rings. The summed E-state index contributed by atoms with van der Waals surface area (Å²) in [5.74, 6) is -0.432. The van der Waals surface area contributed by atoms with Crippen LogP contribution in [0.25, 0.3) is 0 Å². The van der Waals surface area contributed by atoms with Gasteiger partial charge in [-0.3, -0.25) is 19.6 Å². The molecule has 3 unspecified atom stereocenters. The molecule has 2 rings (SSSR count). The van der Waals surface area contributed by atoms with Crippen molar-refractivity contribution in [2.24, 2.45) is 4.99 Å². The van der Waals surface area contributed by atoms with Crippen LogP contribution in [-0.2, 0) is 15.0 Å². The molecule has 0 aromatic heterocycles. The topological polar surface area (TPSA) is 97.0 Å². The molecule has 7 nitrogen and oxygen atoms in total. The summed E-state index contributed by atoms with van der Waals surface area (Å²) in [5.41, 5.74) is 2.02. The molecule has 1 heterocycles. The molecule has 1 fully saturated rings. The lowest BCUT2D eigenvalue weighted by Gasteiger charge is -2.33. The van der Waals surface area contributed by atoms with Crippen LogP contribution in [0.3, 0.4) is 0 Å². The van der Waals surface area contributed by atoms with E-state index in [1.165, 1.54) is 16.0 Å². The fourth-order valence-electron chi connectivity index (χ4n) is 3.67. The lowest BCUT2D eigenvalue weighted by Crippen LogP contribution is -2.50. The summed E-state index contributed by atoms with van der Waals surface area (Å²) in [7, 11) is 0. The number of rotatable bonds is 7. The third kappa shape index (κ3) is 5.47. The fourth-order valence-corrected chi connectivity index (χ4v) is 3.67. The number of aliphatic imine (C=N–C) groups is 1. The Labute approximate surface area is 184 Å². The summed E-state index contributed by atoms with van der Waals surface area (Å²) in [4.78, 5) is 32.3. The molecule has 3 atom stereocenters. The van der Waals surface area contributed by atoms with E-state index in [1.54, 1.807) is 31.2 Å². The van der Waals surface area contributed by atoms with Gasteiger partial charge in [0.15, 0.2) is 6.19 Å². The minimum atomic E-state index is -0.965. The Balaban J connectivity index is 2.59. The maximum Gasteiger partial charge on any atom is 0.251 e. The first kappa shape index (κ1) is 24.0. The minimum Gasteiger partial charge on any atom is -0.391 e. The Morgan fingerprint density at radius 3 is 2.52 bits per heavy atom. The number of nitriles is 1. The van der Waals surface area contributed by atoms with Crippen molar-refractivity contribution in [2.75, 3.05) is 11.4 Å². The van der Waals surface area contributed by atoms with E-state index in [9.17, 15) is 20.0 Å². The molecule has 0 radical (unpaired) electrons. The van der Waals surface area contributed by atoms with Crippen molar-refractivity contribution in [3.8, 4) is 6.19 Å². The Bertz CT molecular complexity index is 906. The summed E-state index contributed by atoms with van der Waals surface area (Å²) in [6, 6.07) is 5.63. The van der Waals surface area contributed by atoms with Gasteiger partial charge in [-0.1, -0.05) is 45.1 Å². The number of nitrogens with zero attached hydrogens (tertiary/aromatic N) is 4. The minimum absolute atomic E-state index is 0.0760. The molecule has 0 saturated carbocycles. The lowest BCUT2D eigenvalue weighted by molar-refractivity contribution is -0.123. The van der Waals surface area contributed by atoms with Gasteiger partial charge in [-0.15, -0.1) is 0 Å². The molecule has 1 aliphatic rings. The smallest absolute Gasteiger partial charge is 0.251 e. The first-order valence-electron chi connectivity index (χ1n) is 10.2. The van der Waals surface area contributed by atoms with Crippen molar-refractivity contribution >= 4 is 24.6 Å². The highest BCUT2D eigenvalue weighted by Gasteiger charge is 2.41. The van der Waals surface area contributed by atoms with Crippen LogP contribution in [-0.4, -0.2) is 53.6 Å². The third-order valence-corrected chi connectivity index (χ3v) is 5.29. The van der Waals surface area contributed by atoms with Gasteiger partial charge >= 0.3 is 0 Å². The van der Waals surface area contributed by atoms with E-state index >= 15 is 0 Å². The van der Waals surface area contributed by atoms with Gasteiger partial charge in [-0.25, -0.2) is 0 Å². The maximum atomic E-state index is 13.6. The van der Waals surface area contributed by atoms with Crippen molar-refractivity contribution in [3.63, 3.8) is 0 Å². The SMILES string of the molecule is C=N/C=C(\C=C/C)C(C=O)N(C(=O)C1CC(O)CN1C#N)c1ccc(C(C)(C)C)cc1.